The largest absolute Gasteiger partial charge is 0.465 e. The lowest BCUT2D eigenvalue weighted by Crippen LogP contribution is -2.70. The van der Waals surface area contributed by atoms with Gasteiger partial charge in [-0.3, -0.25) is 4.79 Å². The Kier molecular flexibility index (Phi) is 29.2. The molecule has 1 saturated carbocycles. The zero-order valence-electron chi connectivity index (χ0n) is 34.3. The van der Waals surface area contributed by atoms with Crippen molar-refractivity contribution in [2.75, 3.05) is 13.2 Å². The Morgan fingerprint density at radius 2 is 0.784 bits per heavy atom. The summed E-state index contributed by atoms with van der Waals surface area (Å²) >= 11 is 0. The van der Waals surface area contributed by atoms with E-state index in [2.05, 4.69) is 13.8 Å². The minimum Gasteiger partial charge on any atom is -0.465 e. The minimum atomic E-state index is -1.09. The third kappa shape index (κ3) is 21.4. The Labute approximate surface area is 317 Å². The van der Waals surface area contributed by atoms with Crippen molar-refractivity contribution >= 4 is 11.9 Å². The maximum Gasteiger partial charge on any atom is 0.339 e. The molecule has 0 aromatic heterocycles. The van der Waals surface area contributed by atoms with E-state index in [-0.39, 0.29) is 18.0 Å². The predicted octanol–water partition coefficient (Wildman–Crippen LogP) is 14.3. The Morgan fingerprint density at radius 1 is 0.471 bits per heavy atom. The molecule has 2 bridgehead atoms. The van der Waals surface area contributed by atoms with Crippen LogP contribution in [0.15, 0.2) is 0 Å². The fourth-order valence-electron chi connectivity index (χ4n) is 8.47. The summed E-state index contributed by atoms with van der Waals surface area (Å²) in [5, 5.41) is 0. The molecule has 0 spiro atoms. The number of unbranched alkanes of at least 4 members (excludes halogenated alkanes) is 32. The molecule has 0 aromatic rings. The summed E-state index contributed by atoms with van der Waals surface area (Å²) in [5.41, 5.74) is -1.09. The van der Waals surface area contributed by atoms with E-state index in [4.69, 9.17) is 14.2 Å². The molecular formula is C46H86O5. The second kappa shape index (κ2) is 32.3. The van der Waals surface area contributed by atoms with Gasteiger partial charge in [-0.25, -0.2) is 4.79 Å². The predicted molar refractivity (Wildman–Crippen MR) is 215 cm³/mol. The molecule has 3 fully saturated rings. The maximum atomic E-state index is 13.1. The van der Waals surface area contributed by atoms with Gasteiger partial charge in [-0.15, -0.1) is 0 Å². The van der Waals surface area contributed by atoms with Crippen molar-refractivity contribution < 1.29 is 23.8 Å². The average molecular weight is 719 g/mol. The number of fused-ring (bicyclic) bond motifs is 2. The molecule has 5 nitrogen and oxygen atoms in total. The number of esters is 2. The van der Waals surface area contributed by atoms with E-state index in [0.717, 1.165) is 38.5 Å². The summed E-state index contributed by atoms with van der Waals surface area (Å²) in [4.78, 5) is 26.2. The van der Waals surface area contributed by atoms with Gasteiger partial charge in [0.25, 0.3) is 0 Å². The number of ether oxygens (including phenoxy) is 3. The lowest BCUT2D eigenvalue weighted by molar-refractivity contribution is -0.284. The Bertz CT molecular complexity index is 809. The van der Waals surface area contributed by atoms with Gasteiger partial charge in [0.15, 0.2) is 5.60 Å². The number of hydrogen-bond acceptors (Lipinski definition) is 5. The molecule has 5 heteroatoms. The lowest BCUT2D eigenvalue weighted by atomic mass is 9.67. The summed E-state index contributed by atoms with van der Waals surface area (Å²) in [6.07, 6.45) is 47.4. The molecule has 51 heavy (non-hydrogen) atoms. The van der Waals surface area contributed by atoms with Crippen LogP contribution >= 0.6 is 0 Å². The topological polar surface area (TPSA) is 61.8 Å². The molecule has 1 aliphatic carbocycles. The van der Waals surface area contributed by atoms with Gasteiger partial charge in [0.1, 0.15) is 5.92 Å². The monoisotopic (exact) mass is 719 g/mol. The maximum absolute atomic E-state index is 13.1. The Hall–Kier alpha value is -1.10. The highest BCUT2D eigenvalue weighted by Crippen LogP contribution is 2.50. The minimum absolute atomic E-state index is 0.185. The van der Waals surface area contributed by atoms with Gasteiger partial charge in [0.05, 0.1) is 19.3 Å². The standard InChI is InChI=1S/C46H86O5/c1-3-5-7-9-11-13-15-17-19-21-23-25-27-29-31-33-35-40-49-44(47)43-42-38-37-39-46(43,51-42)45(48)50-41-36-34-32-30-28-26-24-22-20-18-16-14-12-10-8-6-4-2/h42-43H,3-41H2,1-2H3. The van der Waals surface area contributed by atoms with Crippen molar-refractivity contribution in [2.45, 2.75) is 263 Å². The number of rotatable bonds is 38. The molecule has 0 aromatic carbocycles. The summed E-state index contributed by atoms with van der Waals surface area (Å²) in [7, 11) is 0. The molecule has 300 valence electrons. The van der Waals surface area contributed by atoms with E-state index in [1.54, 1.807) is 0 Å². The van der Waals surface area contributed by atoms with Gasteiger partial charge in [-0.2, -0.15) is 0 Å². The van der Waals surface area contributed by atoms with E-state index in [0.29, 0.717) is 19.6 Å². The third-order valence-electron chi connectivity index (χ3n) is 11.8. The zero-order valence-corrected chi connectivity index (χ0v) is 34.3. The van der Waals surface area contributed by atoms with Crippen molar-refractivity contribution in [1.29, 1.82) is 0 Å². The normalized spacial score (nSPS) is 19.6. The van der Waals surface area contributed by atoms with Crippen molar-refractivity contribution in [3.05, 3.63) is 0 Å². The van der Waals surface area contributed by atoms with Crippen molar-refractivity contribution in [3.8, 4) is 0 Å². The van der Waals surface area contributed by atoms with Crippen LogP contribution in [0.3, 0.4) is 0 Å². The molecule has 2 saturated heterocycles. The molecule has 0 N–H and O–H groups in total. The molecule has 2 aliphatic heterocycles. The van der Waals surface area contributed by atoms with Crippen molar-refractivity contribution in [1.82, 2.24) is 0 Å². The first-order valence-electron chi connectivity index (χ1n) is 23.2. The van der Waals surface area contributed by atoms with Gasteiger partial charge < -0.3 is 14.2 Å². The van der Waals surface area contributed by atoms with E-state index in [1.807, 2.05) is 0 Å². The van der Waals surface area contributed by atoms with Crippen LogP contribution in [0.25, 0.3) is 0 Å². The van der Waals surface area contributed by atoms with E-state index in [9.17, 15) is 9.59 Å². The molecule has 3 atom stereocenters. The van der Waals surface area contributed by atoms with Crippen LogP contribution in [0.2, 0.25) is 0 Å². The van der Waals surface area contributed by atoms with Crippen LogP contribution in [-0.4, -0.2) is 36.9 Å². The van der Waals surface area contributed by atoms with Crippen LogP contribution in [0.5, 0.6) is 0 Å². The van der Waals surface area contributed by atoms with E-state index in [1.165, 1.54) is 193 Å². The van der Waals surface area contributed by atoms with Gasteiger partial charge in [0.2, 0.25) is 0 Å². The number of carbonyl (C=O) groups excluding carboxylic acids is 2. The molecule has 3 aliphatic rings. The van der Waals surface area contributed by atoms with Crippen LogP contribution in [-0.2, 0) is 23.8 Å². The van der Waals surface area contributed by atoms with Crippen LogP contribution in [0, 0.1) is 5.92 Å². The molecule has 0 radical (unpaired) electrons. The molecule has 3 rings (SSSR count). The lowest BCUT2D eigenvalue weighted by Gasteiger charge is -2.54. The number of hydrogen-bond donors (Lipinski definition) is 0. The summed E-state index contributed by atoms with van der Waals surface area (Å²) < 4.78 is 17.4. The molecular weight excluding hydrogens is 633 g/mol. The van der Waals surface area contributed by atoms with Gasteiger partial charge >= 0.3 is 11.9 Å². The first-order valence-corrected chi connectivity index (χ1v) is 23.2. The second-order valence-electron chi connectivity index (χ2n) is 16.5. The van der Waals surface area contributed by atoms with Crippen molar-refractivity contribution in [3.63, 3.8) is 0 Å². The fraction of sp³-hybridized carbons (Fsp3) is 0.957. The summed E-state index contributed by atoms with van der Waals surface area (Å²) in [6.45, 7) is 5.45. The Morgan fingerprint density at radius 3 is 1.12 bits per heavy atom. The van der Waals surface area contributed by atoms with Crippen LogP contribution in [0.1, 0.15) is 251 Å². The number of carbonyl (C=O) groups is 2. The summed E-state index contributed by atoms with van der Waals surface area (Å²) in [5.74, 6) is -1.08. The first kappa shape index (κ1) is 46.1. The van der Waals surface area contributed by atoms with Crippen LogP contribution < -0.4 is 0 Å². The molecule has 3 unspecified atom stereocenters. The summed E-state index contributed by atoms with van der Waals surface area (Å²) in [6, 6.07) is 0. The SMILES string of the molecule is CCCCCCCCCCCCCCCCCCCOC(=O)C1C2CCCC1(C(=O)OCCCCCCCCCCCCCCCCCCC)O2. The average Bonchev–Trinajstić information content (AvgIpc) is 3.13. The van der Waals surface area contributed by atoms with E-state index >= 15 is 0 Å². The smallest absolute Gasteiger partial charge is 0.339 e. The van der Waals surface area contributed by atoms with E-state index < -0.39 is 11.5 Å². The van der Waals surface area contributed by atoms with Gasteiger partial charge in [-0.05, 0) is 32.1 Å². The second-order valence-corrected chi connectivity index (χ2v) is 16.5. The molecule has 0 amide bonds. The molecule has 2 heterocycles. The Balaban J connectivity index is 1.39. The zero-order chi connectivity index (χ0) is 36.5. The van der Waals surface area contributed by atoms with Gasteiger partial charge in [0, 0.05) is 0 Å². The highest BCUT2D eigenvalue weighted by atomic mass is 16.6. The first-order chi connectivity index (χ1) is 25.2. The highest BCUT2D eigenvalue weighted by molar-refractivity contribution is 5.90. The fourth-order valence-corrected chi connectivity index (χ4v) is 8.47. The van der Waals surface area contributed by atoms with Gasteiger partial charge in [-0.1, -0.05) is 219 Å². The van der Waals surface area contributed by atoms with Crippen LogP contribution in [0.4, 0.5) is 0 Å². The third-order valence-corrected chi connectivity index (χ3v) is 11.8. The quantitative estimate of drug-likeness (QED) is 0.0470. The van der Waals surface area contributed by atoms with Crippen molar-refractivity contribution in [2.24, 2.45) is 5.92 Å². The highest BCUT2D eigenvalue weighted by Gasteiger charge is 2.67.